The van der Waals surface area contributed by atoms with Crippen LogP contribution in [0.2, 0.25) is 0 Å². The normalized spacial score (nSPS) is 10.5. The van der Waals surface area contributed by atoms with Gasteiger partial charge in [0.05, 0.1) is 0 Å². The van der Waals surface area contributed by atoms with Crippen LogP contribution in [0.3, 0.4) is 0 Å². The minimum absolute atomic E-state index is 0.276. The second kappa shape index (κ2) is 7.17. The molecule has 0 saturated carbocycles. The molecule has 1 amide bonds. The molecule has 1 aromatic heterocycles. The topological polar surface area (TPSA) is 64.4 Å². The van der Waals surface area contributed by atoms with Crippen LogP contribution in [0.4, 0.5) is 10.1 Å². The van der Waals surface area contributed by atoms with Crippen molar-refractivity contribution in [3.63, 3.8) is 0 Å². The molecule has 25 heavy (non-hydrogen) atoms. The number of hydrogen-bond donors (Lipinski definition) is 1. The Morgan fingerprint density at radius 3 is 2.64 bits per heavy atom. The number of ether oxygens (including phenoxy) is 1. The number of aryl methyl sites for hydroxylation is 2. The maximum atomic E-state index is 12.9. The number of carbonyl (C=O) groups is 1. The zero-order chi connectivity index (χ0) is 17.8. The van der Waals surface area contributed by atoms with Crippen molar-refractivity contribution in [2.24, 2.45) is 0 Å². The lowest BCUT2D eigenvalue weighted by Gasteiger charge is -2.09. The number of hydrogen-bond acceptors (Lipinski definition) is 4. The molecule has 0 unspecified atom stereocenters. The molecular formula is C19H17FN2O3. The van der Waals surface area contributed by atoms with Crippen LogP contribution in [0.5, 0.6) is 5.75 Å². The van der Waals surface area contributed by atoms with Crippen LogP contribution >= 0.6 is 0 Å². The third-order valence-corrected chi connectivity index (χ3v) is 3.69. The van der Waals surface area contributed by atoms with E-state index in [4.69, 9.17) is 9.26 Å². The highest BCUT2D eigenvalue weighted by Gasteiger charge is 2.14. The number of aromatic nitrogens is 1. The van der Waals surface area contributed by atoms with Crippen LogP contribution in [0, 0.1) is 19.7 Å². The number of halogens is 1. The van der Waals surface area contributed by atoms with E-state index in [1.807, 2.05) is 0 Å². The van der Waals surface area contributed by atoms with Crippen molar-refractivity contribution in [2.75, 3.05) is 5.32 Å². The quantitative estimate of drug-likeness (QED) is 0.754. The highest BCUT2D eigenvalue weighted by molar-refractivity contribution is 6.05. The van der Waals surface area contributed by atoms with Crippen LogP contribution in [0.15, 0.2) is 53.1 Å². The summed E-state index contributed by atoms with van der Waals surface area (Å²) < 4.78 is 23.6. The zero-order valence-corrected chi connectivity index (χ0v) is 13.9. The maximum absolute atomic E-state index is 12.9. The first-order valence-corrected chi connectivity index (χ1v) is 7.74. The summed E-state index contributed by atoms with van der Waals surface area (Å²) >= 11 is 0. The average Bonchev–Trinajstić information content (AvgIpc) is 2.93. The molecule has 1 N–H and O–H groups in total. The van der Waals surface area contributed by atoms with Crippen LogP contribution in [0.1, 0.15) is 27.4 Å². The van der Waals surface area contributed by atoms with Gasteiger partial charge in [-0.1, -0.05) is 23.4 Å². The largest absolute Gasteiger partial charge is 0.489 e. The lowest BCUT2D eigenvalue weighted by Crippen LogP contribution is -2.13. The van der Waals surface area contributed by atoms with E-state index in [0.717, 1.165) is 5.56 Å². The molecule has 3 rings (SSSR count). The van der Waals surface area contributed by atoms with Gasteiger partial charge < -0.3 is 14.6 Å². The predicted octanol–water partition coefficient (Wildman–Crippen LogP) is 4.26. The lowest BCUT2D eigenvalue weighted by molar-refractivity contribution is 0.102. The molecule has 5 nitrogen and oxygen atoms in total. The van der Waals surface area contributed by atoms with Crippen molar-refractivity contribution >= 4 is 11.6 Å². The summed E-state index contributed by atoms with van der Waals surface area (Å²) in [5.41, 5.74) is 2.49. The van der Waals surface area contributed by atoms with Crippen molar-refractivity contribution in [2.45, 2.75) is 20.5 Å². The molecule has 0 atom stereocenters. The van der Waals surface area contributed by atoms with E-state index < -0.39 is 0 Å². The first-order chi connectivity index (χ1) is 12.0. The summed E-state index contributed by atoms with van der Waals surface area (Å²) in [6.07, 6.45) is 0. The van der Waals surface area contributed by atoms with E-state index in [1.54, 1.807) is 50.2 Å². The van der Waals surface area contributed by atoms with E-state index in [9.17, 15) is 9.18 Å². The fourth-order valence-corrected chi connectivity index (χ4v) is 2.32. The third kappa shape index (κ3) is 4.03. The van der Waals surface area contributed by atoms with E-state index in [2.05, 4.69) is 10.5 Å². The van der Waals surface area contributed by atoms with Gasteiger partial charge in [0.25, 0.3) is 5.91 Å². The van der Waals surface area contributed by atoms with E-state index in [0.29, 0.717) is 28.5 Å². The molecular weight excluding hydrogens is 323 g/mol. The van der Waals surface area contributed by atoms with Crippen molar-refractivity contribution in [3.8, 4) is 5.75 Å². The molecule has 3 aromatic rings. The van der Waals surface area contributed by atoms with Crippen molar-refractivity contribution in [3.05, 3.63) is 76.9 Å². The smallest absolute Gasteiger partial charge is 0.255 e. The van der Waals surface area contributed by atoms with Crippen molar-refractivity contribution in [1.82, 2.24) is 5.16 Å². The molecule has 0 radical (unpaired) electrons. The second-order valence-electron chi connectivity index (χ2n) is 5.60. The molecule has 0 saturated heterocycles. The van der Waals surface area contributed by atoms with Crippen LogP contribution in [-0.4, -0.2) is 11.1 Å². The molecule has 128 valence electrons. The number of nitrogens with one attached hydrogen (secondary N) is 1. The molecule has 0 spiro atoms. The summed E-state index contributed by atoms with van der Waals surface area (Å²) in [6.45, 7) is 3.78. The van der Waals surface area contributed by atoms with Gasteiger partial charge in [0, 0.05) is 5.56 Å². The molecule has 0 aliphatic heterocycles. The minimum atomic E-state index is -0.290. The first kappa shape index (κ1) is 16.7. The highest BCUT2D eigenvalue weighted by Crippen LogP contribution is 2.21. The van der Waals surface area contributed by atoms with Crippen LogP contribution < -0.4 is 10.1 Å². The predicted molar refractivity (Wildman–Crippen MR) is 91.1 cm³/mol. The monoisotopic (exact) mass is 340 g/mol. The number of anilines is 1. The molecule has 0 bridgehead atoms. The third-order valence-electron chi connectivity index (χ3n) is 3.69. The Morgan fingerprint density at radius 1 is 1.20 bits per heavy atom. The lowest BCUT2D eigenvalue weighted by atomic mass is 10.2. The molecule has 0 aliphatic rings. The molecule has 6 heteroatoms. The minimum Gasteiger partial charge on any atom is -0.489 e. The second-order valence-corrected chi connectivity index (χ2v) is 5.60. The Balaban J connectivity index is 1.68. The van der Waals surface area contributed by atoms with Gasteiger partial charge in [0.1, 0.15) is 29.6 Å². The number of rotatable bonds is 5. The maximum Gasteiger partial charge on any atom is 0.255 e. The summed E-state index contributed by atoms with van der Waals surface area (Å²) in [4.78, 5) is 12.4. The first-order valence-electron chi connectivity index (χ1n) is 7.74. The van der Waals surface area contributed by atoms with Crippen LogP contribution in [-0.2, 0) is 6.61 Å². The van der Waals surface area contributed by atoms with Crippen LogP contribution in [0.25, 0.3) is 0 Å². The molecule has 0 aliphatic carbocycles. The highest BCUT2D eigenvalue weighted by atomic mass is 19.1. The Bertz CT molecular complexity index is 868. The SMILES string of the molecule is Cc1noc(C)c1NC(=O)c1cccc(OCc2ccc(F)cc2)c1. The summed E-state index contributed by atoms with van der Waals surface area (Å²) in [5, 5.41) is 6.60. The van der Waals surface area contributed by atoms with Gasteiger partial charge in [0.15, 0.2) is 5.76 Å². The summed E-state index contributed by atoms with van der Waals surface area (Å²) in [5.74, 6) is 0.536. The van der Waals surface area contributed by atoms with Gasteiger partial charge in [-0.05, 0) is 49.7 Å². The van der Waals surface area contributed by atoms with E-state index in [-0.39, 0.29) is 18.3 Å². The van der Waals surface area contributed by atoms with Gasteiger partial charge >= 0.3 is 0 Å². The summed E-state index contributed by atoms with van der Waals surface area (Å²) in [6, 6.07) is 12.9. The fourth-order valence-electron chi connectivity index (χ4n) is 2.32. The molecule has 1 heterocycles. The van der Waals surface area contributed by atoms with Gasteiger partial charge in [0.2, 0.25) is 0 Å². The Kier molecular flexibility index (Phi) is 4.79. The average molecular weight is 340 g/mol. The Morgan fingerprint density at radius 2 is 1.96 bits per heavy atom. The van der Waals surface area contributed by atoms with Gasteiger partial charge in [-0.15, -0.1) is 0 Å². The van der Waals surface area contributed by atoms with E-state index in [1.165, 1.54) is 12.1 Å². The Labute approximate surface area is 144 Å². The zero-order valence-electron chi connectivity index (χ0n) is 13.9. The summed E-state index contributed by atoms with van der Waals surface area (Å²) in [7, 11) is 0. The number of carbonyl (C=O) groups excluding carboxylic acids is 1. The number of benzene rings is 2. The van der Waals surface area contributed by atoms with Crippen molar-refractivity contribution < 1.29 is 18.4 Å². The number of nitrogens with zero attached hydrogens (tertiary/aromatic N) is 1. The van der Waals surface area contributed by atoms with Gasteiger partial charge in [-0.2, -0.15) is 0 Å². The van der Waals surface area contributed by atoms with Gasteiger partial charge in [-0.25, -0.2) is 4.39 Å². The molecule has 0 fully saturated rings. The molecule has 2 aromatic carbocycles. The fraction of sp³-hybridized carbons (Fsp3) is 0.158. The van der Waals surface area contributed by atoms with Crippen molar-refractivity contribution in [1.29, 1.82) is 0 Å². The number of amides is 1. The van der Waals surface area contributed by atoms with E-state index >= 15 is 0 Å². The van der Waals surface area contributed by atoms with Gasteiger partial charge in [-0.3, -0.25) is 4.79 Å². The standard InChI is InChI=1S/C19H17FN2O3/c1-12-18(13(2)25-22-12)21-19(23)15-4-3-5-17(10-15)24-11-14-6-8-16(20)9-7-14/h3-10H,11H2,1-2H3,(H,21,23). The Hall–Kier alpha value is -3.15.